The molecule has 2 heterocycles. The van der Waals surface area contributed by atoms with Crippen molar-refractivity contribution in [3.63, 3.8) is 0 Å². The van der Waals surface area contributed by atoms with Gasteiger partial charge in [-0.3, -0.25) is 9.36 Å². The maximum atomic E-state index is 13.8. The number of hydrogen-bond acceptors (Lipinski definition) is 8. The molecule has 0 fully saturated rings. The van der Waals surface area contributed by atoms with E-state index in [1.165, 1.54) is 11.3 Å². The van der Waals surface area contributed by atoms with Crippen LogP contribution in [0.5, 0.6) is 17.2 Å². The zero-order valence-electron chi connectivity index (χ0n) is 21.2. The second-order valence-corrected chi connectivity index (χ2v) is 9.90. The maximum Gasteiger partial charge on any atom is 0.338 e. The molecule has 0 aliphatic carbocycles. The van der Waals surface area contributed by atoms with Crippen LogP contribution in [0, 0.1) is 0 Å². The molecule has 1 aliphatic rings. The van der Waals surface area contributed by atoms with Crippen molar-refractivity contribution in [1.82, 2.24) is 4.57 Å². The Hall–Kier alpha value is -3.37. The summed E-state index contributed by atoms with van der Waals surface area (Å²) < 4.78 is 24.6. The molecule has 3 aromatic rings. The highest BCUT2D eigenvalue weighted by atomic mass is 79.9. The first kappa shape index (κ1) is 26.7. The lowest BCUT2D eigenvalue weighted by Crippen LogP contribution is -2.40. The van der Waals surface area contributed by atoms with Gasteiger partial charge in [0.1, 0.15) is 5.75 Å². The first-order chi connectivity index (χ1) is 17.8. The molecular formula is C27H27BrN2O6S. The first-order valence-corrected chi connectivity index (χ1v) is 13.3. The minimum absolute atomic E-state index is 0.192. The number of carbonyl (C=O) groups excluding carboxylic acids is 1. The molecule has 8 nitrogen and oxygen atoms in total. The molecule has 0 N–H and O–H groups in total. The SMILES string of the molecule is CCOC(=O)C1=C(C)N=c2s/c(=C/c3ccc(OC)cc3)c(=O)n2[C@@H]1c1cc(OC)c(OCC)cc1Br. The number of carbonyl (C=O) groups is 1. The normalized spacial score (nSPS) is 15.2. The zero-order chi connectivity index (χ0) is 26.7. The number of fused-ring (bicyclic) bond motifs is 1. The summed E-state index contributed by atoms with van der Waals surface area (Å²) in [5.41, 5.74) is 2.00. The van der Waals surface area contributed by atoms with Crippen LogP contribution in [0.4, 0.5) is 0 Å². The molecule has 10 heteroatoms. The van der Waals surface area contributed by atoms with Crippen LogP contribution in [0.2, 0.25) is 0 Å². The average molecular weight is 587 g/mol. The van der Waals surface area contributed by atoms with Crippen LogP contribution in [0.25, 0.3) is 6.08 Å². The molecule has 0 unspecified atom stereocenters. The Balaban J connectivity index is 1.97. The number of hydrogen-bond donors (Lipinski definition) is 0. The number of thiazole rings is 1. The summed E-state index contributed by atoms with van der Waals surface area (Å²) in [5.74, 6) is 1.23. The number of aromatic nitrogens is 1. The first-order valence-electron chi connectivity index (χ1n) is 11.7. The Morgan fingerprint density at radius 2 is 1.84 bits per heavy atom. The van der Waals surface area contributed by atoms with E-state index in [1.54, 1.807) is 50.8 Å². The molecule has 194 valence electrons. The van der Waals surface area contributed by atoms with E-state index in [0.717, 1.165) is 11.3 Å². The van der Waals surface area contributed by atoms with Gasteiger partial charge in [0.2, 0.25) is 0 Å². The molecule has 1 aromatic heterocycles. The summed E-state index contributed by atoms with van der Waals surface area (Å²) in [6.45, 7) is 6.02. The number of ether oxygens (including phenoxy) is 4. The number of rotatable bonds is 8. The molecule has 0 saturated heterocycles. The van der Waals surface area contributed by atoms with E-state index in [0.29, 0.717) is 43.2 Å². The fourth-order valence-corrected chi connectivity index (χ4v) is 5.71. The molecule has 0 amide bonds. The van der Waals surface area contributed by atoms with Crippen LogP contribution in [0.3, 0.4) is 0 Å². The van der Waals surface area contributed by atoms with Crippen molar-refractivity contribution >= 4 is 39.3 Å². The number of methoxy groups -OCH3 is 2. The zero-order valence-corrected chi connectivity index (χ0v) is 23.6. The summed E-state index contributed by atoms with van der Waals surface area (Å²) in [7, 11) is 3.15. The van der Waals surface area contributed by atoms with Gasteiger partial charge in [0.15, 0.2) is 16.3 Å². The van der Waals surface area contributed by atoms with Crippen molar-refractivity contribution in [3.05, 3.63) is 83.0 Å². The molecule has 0 radical (unpaired) electrons. The van der Waals surface area contributed by atoms with Gasteiger partial charge in [-0.1, -0.05) is 39.4 Å². The van der Waals surface area contributed by atoms with E-state index in [9.17, 15) is 9.59 Å². The predicted octanol–water partition coefficient (Wildman–Crippen LogP) is 3.98. The van der Waals surface area contributed by atoms with E-state index in [1.807, 2.05) is 31.2 Å². The van der Waals surface area contributed by atoms with Crippen molar-refractivity contribution in [2.45, 2.75) is 26.8 Å². The molecule has 0 saturated carbocycles. The van der Waals surface area contributed by atoms with Gasteiger partial charge in [-0.15, -0.1) is 0 Å². The Kier molecular flexibility index (Phi) is 8.19. The summed E-state index contributed by atoms with van der Waals surface area (Å²) in [6.07, 6.45) is 1.80. The molecular weight excluding hydrogens is 560 g/mol. The molecule has 1 atom stereocenters. The Morgan fingerprint density at radius 1 is 1.11 bits per heavy atom. The van der Waals surface area contributed by atoms with Crippen LogP contribution < -0.4 is 29.1 Å². The lowest BCUT2D eigenvalue weighted by atomic mass is 9.95. The van der Waals surface area contributed by atoms with Gasteiger partial charge in [0.25, 0.3) is 5.56 Å². The van der Waals surface area contributed by atoms with Crippen LogP contribution in [0.15, 0.2) is 61.9 Å². The van der Waals surface area contributed by atoms with Gasteiger partial charge in [0, 0.05) is 4.47 Å². The van der Waals surface area contributed by atoms with Crippen LogP contribution in [0.1, 0.15) is 37.9 Å². The fraction of sp³-hybridized carbons (Fsp3) is 0.296. The Bertz CT molecular complexity index is 1540. The highest BCUT2D eigenvalue weighted by molar-refractivity contribution is 9.10. The number of benzene rings is 2. The molecule has 0 spiro atoms. The standard InChI is InChI=1S/C27H27BrN2O6S/c1-6-35-21-14-19(28)18(13-20(21)34-5)24-23(26(32)36-7-2)15(3)29-27-30(24)25(31)22(37-27)12-16-8-10-17(33-4)11-9-16/h8-14,24H,6-7H2,1-5H3/b22-12+/t24-/m1/s1. The van der Waals surface area contributed by atoms with Crippen LogP contribution in [-0.4, -0.2) is 38.0 Å². The number of halogens is 1. The smallest absolute Gasteiger partial charge is 0.338 e. The van der Waals surface area contributed by atoms with E-state index >= 15 is 0 Å². The Morgan fingerprint density at radius 3 is 2.46 bits per heavy atom. The fourth-order valence-electron chi connectivity index (χ4n) is 4.13. The lowest BCUT2D eigenvalue weighted by Gasteiger charge is -2.26. The van der Waals surface area contributed by atoms with Gasteiger partial charge in [0.05, 0.1) is 49.3 Å². The van der Waals surface area contributed by atoms with Gasteiger partial charge in [-0.2, -0.15) is 0 Å². The summed E-state index contributed by atoms with van der Waals surface area (Å²) >= 11 is 4.89. The van der Waals surface area contributed by atoms with Crippen LogP contribution >= 0.6 is 27.3 Å². The summed E-state index contributed by atoms with van der Waals surface area (Å²) in [4.78, 5) is 32.1. The minimum Gasteiger partial charge on any atom is -0.497 e. The van der Waals surface area contributed by atoms with E-state index in [2.05, 4.69) is 20.9 Å². The second kappa shape index (κ2) is 11.4. The van der Waals surface area contributed by atoms with Gasteiger partial charge in [-0.05, 0) is 62.2 Å². The van der Waals surface area contributed by atoms with Crippen molar-refractivity contribution < 1.29 is 23.7 Å². The predicted molar refractivity (Wildman–Crippen MR) is 145 cm³/mol. The number of allylic oxidation sites excluding steroid dienone is 1. The van der Waals surface area contributed by atoms with Crippen molar-refractivity contribution in [2.24, 2.45) is 4.99 Å². The number of esters is 1. The largest absolute Gasteiger partial charge is 0.497 e. The monoisotopic (exact) mass is 586 g/mol. The summed E-state index contributed by atoms with van der Waals surface area (Å²) in [6, 6.07) is 10.2. The van der Waals surface area contributed by atoms with Gasteiger partial charge >= 0.3 is 5.97 Å². The molecule has 37 heavy (non-hydrogen) atoms. The minimum atomic E-state index is -0.785. The molecule has 1 aliphatic heterocycles. The van der Waals surface area contributed by atoms with Crippen molar-refractivity contribution in [1.29, 1.82) is 0 Å². The topological polar surface area (TPSA) is 88.4 Å². The average Bonchev–Trinajstić information content (AvgIpc) is 3.18. The second-order valence-electron chi connectivity index (χ2n) is 8.03. The van der Waals surface area contributed by atoms with Gasteiger partial charge in [-0.25, -0.2) is 9.79 Å². The Labute approximate surface area is 226 Å². The van der Waals surface area contributed by atoms with Crippen molar-refractivity contribution in [2.75, 3.05) is 27.4 Å². The van der Waals surface area contributed by atoms with Crippen molar-refractivity contribution in [3.8, 4) is 17.2 Å². The lowest BCUT2D eigenvalue weighted by molar-refractivity contribution is -0.139. The molecule has 0 bridgehead atoms. The van der Waals surface area contributed by atoms with Crippen LogP contribution in [-0.2, 0) is 9.53 Å². The molecule has 4 rings (SSSR count). The van der Waals surface area contributed by atoms with Gasteiger partial charge < -0.3 is 18.9 Å². The van der Waals surface area contributed by atoms with E-state index < -0.39 is 12.0 Å². The third kappa shape index (κ3) is 5.21. The summed E-state index contributed by atoms with van der Waals surface area (Å²) in [5, 5.41) is 0. The third-order valence-corrected chi connectivity index (χ3v) is 7.48. The molecule has 2 aromatic carbocycles. The quantitative estimate of drug-likeness (QED) is 0.371. The maximum absolute atomic E-state index is 13.8. The van der Waals surface area contributed by atoms with E-state index in [-0.39, 0.29) is 17.7 Å². The third-order valence-electron chi connectivity index (χ3n) is 5.81. The number of nitrogens with zero attached hydrogens (tertiary/aromatic N) is 2. The van der Waals surface area contributed by atoms with E-state index in [4.69, 9.17) is 18.9 Å². The highest BCUT2D eigenvalue weighted by Gasteiger charge is 2.35. The highest BCUT2D eigenvalue weighted by Crippen LogP contribution is 2.41.